The summed E-state index contributed by atoms with van der Waals surface area (Å²) in [5.41, 5.74) is 0. The van der Waals surface area contributed by atoms with Gasteiger partial charge in [-0.2, -0.15) is 0 Å². The number of hydrogen-bond acceptors (Lipinski definition) is 8. The Labute approximate surface area is 169 Å². The number of amides is 2. The second-order valence-corrected chi connectivity index (χ2v) is 7.41. The highest BCUT2D eigenvalue weighted by molar-refractivity contribution is 5.83. The fraction of sp³-hybridized carbons (Fsp3) is 0.611. The molecule has 1 aliphatic rings. The average molecular weight is 408 g/mol. The molecule has 2 rings (SSSR count). The Hall–Kier alpha value is -3.11. The Bertz CT molecular complexity index is 705. The zero-order valence-corrected chi connectivity index (χ0v) is 17.2. The van der Waals surface area contributed by atoms with Gasteiger partial charge >= 0.3 is 30.0 Å². The van der Waals surface area contributed by atoms with Crippen LogP contribution < -0.4 is 20.3 Å². The van der Waals surface area contributed by atoms with Crippen molar-refractivity contribution in [2.75, 3.05) is 41.8 Å². The highest BCUT2D eigenvalue weighted by Gasteiger charge is 2.24. The van der Waals surface area contributed by atoms with Crippen LogP contribution in [0.1, 0.15) is 34.1 Å². The molecule has 2 N–H and O–H groups in total. The van der Waals surface area contributed by atoms with E-state index in [2.05, 4.69) is 20.6 Å². The van der Waals surface area contributed by atoms with E-state index in [1.807, 2.05) is 44.7 Å². The Morgan fingerprint density at radius 2 is 1.59 bits per heavy atom. The first-order chi connectivity index (χ1) is 13.8. The maximum Gasteiger partial charge on any atom is 0.451 e. The molecular formula is C18H28N6O5. The van der Waals surface area contributed by atoms with Crippen molar-refractivity contribution in [3.8, 4) is 0 Å². The summed E-state index contributed by atoms with van der Waals surface area (Å²) < 4.78 is 10.3. The van der Waals surface area contributed by atoms with Crippen LogP contribution in [0.25, 0.3) is 0 Å². The lowest BCUT2D eigenvalue weighted by molar-refractivity contribution is -0.580. The minimum absolute atomic E-state index is 0.133. The van der Waals surface area contributed by atoms with Crippen LogP contribution in [0, 0.1) is 17.0 Å². The molecule has 0 saturated carbocycles. The Morgan fingerprint density at radius 1 is 1.07 bits per heavy atom. The predicted octanol–water partition coefficient (Wildman–Crippen LogP) is 2.29. The van der Waals surface area contributed by atoms with Gasteiger partial charge < -0.3 is 19.6 Å². The van der Waals surface area contributed by atoms with Gasteiger partial charge in [-0.25, -0.2) is 25.0 Å². The van der Waals surface area contributed by atoms with Gasteiger partial charge in [0.1, 0.15) is 0 Å². The van der Waals surface area contributed by atoms with E-state index in [0.29, 0.717) is 13.1 Å². The molecule has 1 aromatic rings. The Morgan fingerprint density at radius 3 is 2.00 bits per heavy atom. The number of carbonyl (C=O) groups excluding carboxylic acids is 2. The summed E-state index contributed by atoms with van der Waals surface area (Å²) in [6, 6.07) is 0. The molecule has 11 nitrogen and oxygen atoms in total. The van der Waals surface area contributed by atoms with Crippen molar-refractivity contribution >= 4 is 30.0 Å². The molecule has 1 aliphatic heterocycles. The minimum Gasteiger partial charge on any atom is -0.762 e. The van der Waals surface area contributed by atoms with Crippen molar-refractivity contribution in [3.05, 3.63) is 17.4 Å². The molecule has 0 saturated heterocycles. The molecule has 0 radical (unpaired) electrons. The number of nitrogens with one attached hydrogen (secondary N) is 2. The van der Waals surface area contributed by atoms with E-state index in [1.54, 1.807) is 0 Å². The van der Waals surface area contributed by atoms with Gasteiger partial charge in [-0.3, -0.25) is 0 Å². The molecule has 11 heteroatoms. The first-order valence-electron chi connectivity index (χ1n) is 9.55. The lowest BCUT2D eigenvalue weighted by Crippen LogP contribution is -2.41. The lowest BCUT2D eigenvalue weighted by atomic mass is 10.2. The standard InChI is InChI=1S/C18H28N6O5/c1-12(2)10-28-17(25)21-15-19-14(23-8-6-5-7-9-23)20-16(24(15)27)22-18(26)29-11-13(3)4/h5-6,12-13H,7-11H2,1-4H3,(H2,19,20,21,22,25,26). The molecule has 0 atom stereocenters. The number of ether oxygens (including phenoxy) is 2. The van der Waals surface area contributed by atoms with Crippen molar-refractivity contribution in [1.29, 1.82) is 0 Å². The van der Waals surface area contributed by atoms with Crippen molar-refractivity contribution in [2.45, 2.75) is 34.1 Å². The maximum absolute atomic E-state index is 12.6. The van der Waals surface area contributed by atoms with Crippen molar-refractivity contribution < 1.29 is 23.8 Å². The molecule has 0 unspecified atom stereocenters. The highest BCUT2D eigenvalue weighted by atomic mass is 16.6. The van der Waals surface area contributed by atoms with Crippen LogP contribution in [0.3, 0.4) is 0 Å². The molecule has 2 amide bonds. The molecule has 1 aromatic heterocycles. The average Bonchev–Trinajstić information content (AvgIpc) is 2.68. The second-order valence-electron chi connectivity index (χ2n) is 7.41. The number of nitrogens with zero attached hydrogens (tertiary/aromatic N) is 4. The molecule has 0 aromatic carbocycles. The predicted molar refractivity (Wildman–Crippen MR) is 107 cm³/mol. The van der Waals surface area contributed by atoms with E-state index < -0.39 is 12.2 Å². The quantitative estimate of drug-likeness (QED) is 0.399. The van der Waals surface area contributed by atoms with Gasteiger partial charge in [-0.15, -0.1) is 0 Å². The third kappa shape index (κ3) is 7.09. The number of carbonyl (C=O) groups is 2. The summed E-state index contributed by atoms with van der Waals surface area (Å²) in [6.45, 7) is 9.09. The number of aromatic nitrogens is 3. The fourth-order valence-electron chi connectivity index (χ4n) is 2.27. The topological polar surface area (TPSA) is 133 Å². The van der Waals surface area contributed by atoms with Gasteiger partial charge in [-0.1, -0.05) is 49.8 Å². The summed E-state index contributed by atoms with van der Waals surface area (Å²) in [5, 5.41) is 17.2. The summed E-state index contributed by atoms with van der Waals surface area (Å²) in [6.07, 6.45) is 3.12. The summed E-state index contributed by atoms with van der Waals surface area (Å²) in [5.74, 6) is -0.238. The highest BCUT2D eigenvalue weighted by Crippen LogP contribution is 2.15. The molecule has 160 valence electrons. The second kappa shape index (κ2) is 10.4. The normalized spacial score (nSPS) is 13.5. The SMILES string of the molecule is CC(C)COC(=O)Nc1nc(N2CC=CCC2)nc(NC(=O)OCC(C)C)[n+]1[O-]. The smallest absolute Gasteiger partial charge is 0.451 e. The van der Waals surface area contributed by atoms with Crippen LogP contribution in [0.2, 0.25) is 0 Å². The molecule has 0 aliphatic carbocycles. The maximum atomic E-state index is 12.6. The van der Waals surface area contributed by atoms with E-state index >= 15 is 0 Å². The molecule has 2 heterocycles. The summed E-state index contributed by atoms with van der Waals surface area (Å²) in [4.78, 5) is 34.0. The Kier molecular flexibility index (Phi) is 7.98. The van der Waals surface area contributed by atoms with Gasteiger partial charge in [0, 0.05) is 13.1 Å². The van der Waals surface area contributed by atoms with Crippen molar-refractivity contribution in [1.82, 2.24) is 9.97 Å². The van der Waals surface area contributed by atoms with Gasteiger partial charge in [0.15, 0.2) is 0 Å². The van der Waals surface area contributed by atoms with Crippen LogP contribution in [-0.4, -0.2) is 48.5 Å². The molecule has 29 heavy (non-hydrogen) atoms. The largest absolute Gasteiger partial charge is 0.762 e. The Balaban J connectivity index is 2.24. The van der Waals surface area contributed by atoms with Crippen molar-refractivity contribution in [2.24, 2.45) is 11.8 Å². The van der Waals surface area contributed by atoms with E-state index in [0.717, 1.165) is 6.42 Å². The fourth-order valence-corrected chi connectivity index (χ4v) is 2.27. The zero-order chi connectivity index (χ0) is 21.4. The van der Waals surface area contributed by atoms with Gasteiger partial charge in [0.05, 0.1) is 13.2 Å². The van der Waals surface area contributed by atoms with Crippen LogP contribution >= 0.6 is 0 Å². The van der Waals surface area contributed by atoms with Crippen molar-refractivity contribution in [3.63, 3.8) is 0 Å². The zero-order valence-electron chi connectivity index (χ0n) is 17.2. The van der Waals surface area contributed by atoms with E-state index in [9.17, 15) is 14.8 Å². The molecule has 0 spiro atoms. The van der Waals surface area contributed by atoms with E-state index in [-0.39, 0.29) is 47.6 Å². The first-order valence-corrected chi connectivity index (χ1v) is 9.55. The van der Waals surface area contributed by atoms with Gasteiger partial charge in [-0.05, 0) is 18.3 Å². The minimum atomic E-state index is -0.820. The van der Waals surface area contributed by atoms with Crippen LogP contribution in [-0.2, 0) is 9.47 Å². The molecular weight excluding hydrogens is 380 g/mol. The number of anilines is 3. The molecule has 0 bridgehead atoms. The number of hydrogen-bond donors (Lipinski definition) is 2. The third-order valence-electron chi connectivity index (χ3n) is 3.66. The summed E-state index contributed by atoms with van der Waals surface area (Å²) in [7, 11) is 0. The van der Waals surface area contributed by atoms with Gasteiger partial charge in [0.25, 0.3) is 0 Å². The van der Waals surface area contributed by atoms with Crippen LogP contribution in [0.5, 0.6) is 0 Å². The lowest BCUT2D eigenvalue weighted by Gasteiger charge is -2.22. The summed E-state index contributed by atoms with van der Waals surface area (Å²) >= 11 is 0. The number of rotatable bonds is 7. The molecule has 0 fully saturated rings. The van der Waals surface area contributed by atoms with E-state index in [4.69, 9.17) is 9.47 Å². The van der Waals surface area contributed by atoms with E-state index in [1.165, 1.54) is 0 Å². The van der Waals surface area contributed by atoms with Crippen LogP contribution in [0.4, 0.5) is 27.4 Å². The monoisotopic (exact) mass is 408 g/mol. The third-order valence-corrected chi connectivity index (χ3v) is 3.66. The first kappa shape index (κ1) is 22.2. The van der Waals surface area contributed by atoms with Gasteiger partial charge in [0.2, 0.25) is 0 Å². The van der Waals surface area contributed by atoms with Crippen LogP contribution in [0.15, 0.2) is 12.2 Å².